The van der Waals surface area contributed by atoms with Gasteiger partial charge in [0.1, 0.15) is 11.9 Å². The summed E-state index contributed by atoms with van der Waals surface area (Å²) >= 11 is 0. The molecule has 6 nitrogen and oxygen atoms in total. The van der Waals surface area contributed by atoms with Crippen molar-refractivity contribution in [1.29, 1.82) is 0 Å². The number of piperidine rings is 1. The maximum absolute atomic E-state index is 12.9. The molecule has 1 aliphatic rings. The quantitative estimate of drug-likeness (QED) is 0.926. The third-order valence-electron chi connectivity index (χ3n) is 4.08. The Hall–Kier alpha value is -2.70. The Morgan fingerprint density at radius 2 is 2.08 bits per heavy atom. The van der Waals surface area contributed by atoms with Gasteiger partial charge >= 0.3 is 6.03 Å². The molecule has 1 atom stereocenters. The third-order valence-corrected chi connectivity index (χ3v) is 4.08. The molecule has 1 N–H and O–H groups in total. The summed E-state index contributed by atoms with van der Waals surface area (Å²) in [7, 11) is 0. The lowest BCUT2D eigenvalue weighted by Gasteiger charge is -2.32. The number of ether oxygens (including phenoxy) is 1. The molecule has 0 bridgehead atoms. The Morgan fingerprint density at radius 3 is 2.80 bits per heavy atom. The molecule has 1 aromatic heterocycles. The Morgan fingerprint density at radius 1 is 1.28 bits per heavy atom. The molecule has 0 spiro atoms. The molecule has 0 saturated carbocycles. The molecule has 1 saturated heterocycles. The molecule has 2 heterocycles. The predicted octanol–water partition coefficient (Wildman–Crippen LogP) is 2.68. The van der Waals surface area contributed by atoms with Crippen LogP contribution in [-0.2, 0) is 6.54 Å². The molecule has 3 rings (SSSR count). The Balaban J connectivity index is 1.50. The maximum atomic E-state index is 12.9. The van der Waals surface area contributed by atoms with Crippen molar-refractivity contribution in [2.45, 2.75) is 32.4 Å². The van der Waals surface area contributed by atoms with Crippen LogP contribution in [0, 0.1) is 12.7 Å². The SMILES string of the molecule is Cc1ccc(O[C@H]2CCCN(C(=O)NCc3ccc(F)cc3)C2)nn1. The highest BCUT2D eigenvalue weighted by atomic mass is 19.1. The van der Waals surface area contributed by atoms with Gasteiger partial charge in [-0.3, -0.25) is 0 Å². The highest BCUT2D eigenvalue weighted by Crippen LogP contribution is 2.16. The largest absolute Gasteiger partial charge is 0.471 e. The van der Waals surface area contributed by atoms with E-state index in [1.807, 2.05) is 13.0 Å². The van der Waals surface area contributed by atoms with E-state index in [9.17, 15) is 9.18 Å². The van der Waals surface area contributed by atoms with Crippen LogP contribution < -0.4 is 10.1 Å². The van der Waals surface area contributed by atoms with E-state index in [0.29, 0.717) is 25.5 Å². The summed E-state index contributed by atoms with van der Waals surface area (Å²) < 4.78 is 18.7. The van der Waals surface area contributed by atoms with Crippen LogP contribution in [0.25, 0.3) is 0 Å². The van der Waals surface area contributed by atoms with Crippen molar-refractivity contribution in [2.24, 2.45) is 0 Å². The number of nitrogens with zero attached hydrogens (tertiary/aromatic N) is 3. The summed E-state index contributed by atoms with van der Waals surface area (Å²) in [4.78, 5) is 14.1. The van der Waals surface area contributed by atoms with Gasteiger partial charge < -0.3 is 15.0 Å². The number of carbonyl (C=O) groups is 1. The fraction of sp³-hybridized carbons (Fsp3) is 0.389. The molecule has 132 valence electrons. The van der Waals surface area contributed by atoms with E-state index in [1.54, 1.807) is 23.1 Å². The highest BCUT2D eigenvalue weighted by molar-refractivity contribution is 5.74. The second-order valence-electron chi connectivity index (χ2n) is 6.13. The fourth-order valence-corrected chi connectivity index (χ4v) is 2.73. The molecule has 1 aliphatic heterocycles. The molecule has 2 amide bonds. The van der Waals surface area contributed by atoms with E-state index < -0.39 is 0 Å². The van der Waals surface area contributed by atoms with Crippen molar-refractivity contribution in [3.63, 3.8) is 0 Å². The average Bonchev–Trinajstić information content (AvgIpc) is 2.63. The number of halogens is 1. The molecule has 25 heavy (non-hydrogen) atoms. The first-order valence-corrected chi connectivity index (χ1v) is 8.34. The molecule has 2 aromatic rings. The van der Waals surface area contributed by atoms with Crippen LogP contribution in [0.15, 0.2) is 36.4 Å². The van der Waals surface area contributed by atoms with Gasteiger partial charge in [0.15, 0.2) is 0 Å². The summed E-state index contributed by atoms with van der Waals surface area (Å²) in [6.45, 7) is 3.43. The first-order chi connectivity index (χ1) is 12.1. The lowest BCUT2D eigenvalue weighted by molar-refractivity contribution is 0.0968. The standard InChI is InChI=1S/C18H21FN4O2/c1-13-4-9-17(22-21-13)25-16-3-2-10-23(12-16)18(24)20-11-14-5-7-15(19)8-6-14/h4-9,16H,2-3,10-12H2,1H3,(H,20,24)/t16-/m0/s1. The van der Waals surface area contributed by atoms with Gasteiger partial charge in [0.05, 0.1) is 12.2 Å². The van der Waals surface area contributed by atoms with Crippen LogP contribution in [0.1, 0.15) is 24.1 Å². The van der Waals surface area contributed by atoms with Crippen LogP contribution >= 0.6 is 0 Å². The highest BCUT2D eigenvalue weighted by Gasteiger charge is 2.25. The van der Waals surface area contributed by atoms with Gasteiger partial charge in [-0.15, -0.1) is 5.10 Å². The summed E-state index contributed by atoms with van der Waals surface area (Å²) in [5.74, 6) is 0.189. The number of hydrogen-bond acceptors (Lipinski definition) is 4. The van der Waals surface area contributed by atoms with Gasteiger partial charge in [-0.25, -0.2) is 9.18 Å². The van der Waals surface area contributed by atoms with E-state index in [0.717, 1.165) is 24.1 Å². The lowest BCUT2D eigenvalue weighted by Crippen LogP contribution is -2.48. The zero-order chi connectivity index (χ0) is 17.6. The summed E-state index contributed by atoms with van der Waals surface area (Å²) in [5.41, 5.74) is 1.69. The van der Waals surface area contributed by atoms with E-state index in [1.165, 1.54) is 12.1 Å². The minimum Gasteiger partial charge on any atom is -0.471 e. The maximum Gasteiger partial charge on any atom is 0.317 e. The third kappa shape index (κ3) is 4.89. The van der Waals surface area contributed by atoms with Crippen molar-refractivity contribution in [3.05, 3.63) is 53.5 Å². The minimum absolute atomic E-state index is 0.0951. The number of rotatable bonds is 4. The number of likely N-dealkylation sites (tertiary alicyclic amines) is 1. The zero-order valence-electron chi connectivity index (χ0n) is 14.1. The number of urea groups is 1. The molecular weight excluding hydrogens is 323 g/mol. The van der Waals surface area contributed by atoms with Gasteiger partial charge in [0, 0.05) is 19.2 Å². The fourth-order valence-electron chi connectivity index (χ4n) is 2.73. The van der Waals surface area contributed by atoms with E-state index in [2.05, 4.69) is 15.5 Å². The molecular formula is C18H21FN4O2. The summed E-state index contributed by atoms with van der Waals surface area (Å²) in [6, 6.07) is 9.58. The monoisotopic (exact) mass is 344 g/mol. The Labute approximate surface area is 146 Å². The molecule has 7 heteroatoms. The summed E-state index contributed by atoms with van der Waals surface area (Å²) in [5, 5.41) is 10.8. The van der Waals surface area contributed by atoms with Crippen LogP contribution in [-0.4, -0.2) is 40.3 Å². The van der Waals surface area contributed by atoms with Crippen LogP contribution in [0.5, 0.6) is 5.88 Å². The van der Waals surface area contributed by atoms with E-state index in [-0.39, 0.29) is 18.0 Å². The molecule has 0 aliphatic carbocycles. The molecule has 1 fully saturated rings. The first kappa shape index (κ1) is 17.1. The van der Waals surface area contributed by atoms with Crippen LogP contribution in [0.3, 0.4) is 0 Å². The molecule has 0 radical (unpaired) electrons. The summed E-state index contributed by atoms with van der Waals surface area (Å²) in [6.07, 6.45) is 1.65. The normalized spacial score (nSPS) is 17.2. The number of aryl methyl sites for hydroxylation is 1. The minimum atomic E-state index is -0.287. The first-order valence-electron chi connectivity index (χ1n) is 8.34. The van der Waals surface area contributed by atoms with E-state index in [4.69, 9.17) is 4.74 Å². The molecule has 1 aromatic carbocycles. The van der Waals surface area contributed by atoms with Crippen molar-refractivity contribution in [1.82, 2.24) is 20.4 Å². The predicted molar refractivity (Wildman–Crippen MR) is 90.6 cm³/mol. The van der Waals surface area contributed by atoms with Gasteiger partial charge in [0.25, 0.3) is 0 Å². The van der Waals surface area contributed by atoms with E-state index >= 15 is 0 Å². The number of benzene rings is 1. The number of nitrogens with one attached hydrogen (secondary N) is 1. The second-order valence-corrected chi connectivity index (χ2v) is 6.13. The Bertz CT molecular complexity index is 706. The van der Waals surface area contributed by atoms with Gasteiger partial charge in [0.2, 0.25) is 5.88 Å². The Kier molecular flexibility index (Phi) is 5.42. The second kappa shape index (κ2) is 7.92. The van der Waals surface area contributed by atoms with Gasteiger partial charge in [-0.1, -0.05) is 12.1 Å². The van der Waals surface area contributed by atoms with Crippen molar-refractivity contribution >= 4 is 6.03 Å². The topological polar surface area (TPSA) is 67.3 Å². The number of amides is 2. The van der Waals surface area contributed by atoms with Gasteiger partial charge in [-0.05, 0) is 43.5 Å². The van der Waals surface area contributed by atoms with Crippen molar-refractivity contribution < 1.29 is 13.9 Å². The lowest BCUT2D eigenvalue weighted by atomic mass is 10.1. The molecule has 0 unspecified atom stereocenters. The van der Waals surface area contributed by atoms with Crippen LogP contribution in [0.2, 0.25) is 0 Å². The average molecular weight is 344 g/mol. The van der Waals surface area contributed by atoms with Crippen molar-refractivity contribution in [2.75, 3.05) is 13.1 Å². The van der Waals surface area contributed by atoms with Gasteiger partial charge in [-0.2, -0.15) is 5.10 Å². The van der Waals surface area contributed by atoms with Crippen molar-refractivity contribution in [3.8, 4) is 5.88 Å². The number of hydrogen-bond donors (Lipinski definition) is 1. The zero-order valence-corrected chi connectivity index (χ0v) is 14.1. The van der Waals surface area contributed by atoms with Crippen LogP contribution in [0.4, 0.5) is 9.18 Å². The smallest absolute Gasteiger partial charge is 0.317 e. The number of carbonyl (C=O) groups excluding carboxylic acids is 1. The number of aromatic nitrogens is 2.